The predicted molar refractivity (Wildman–Crippen MR) is 86.9 cm³/mol. The Balaban J connectivity index is 1.70. The van der Waals surface area contributed by atoms with Gasteiger partial charge in [0, 0.05) is 6.54 Å². The fourth-order valence-corrected chi connectivity index (χ4v) is 2.84. The summed E-state index contributed by atoms with van der Waals surface area (Å²) < 4.78 is 5.18. The van der Waals surface area contributed by atoms with Crippen LogP contribution >= 0.6 is 0 Å². The van der Waals surface area contributed by atoms with Gasteiger partial charge in [0.15, 0.2) is 0 Å². The summed E-state index contributed by atoms with van der Waals surface area (Å²) in [4.78, 5) is 12.6. The molecule has 1 N–H and O–H groups in total. The minimum Gasteiger partial charge on any atom is -0.497 e. The molecule has 3 heteroatoms. The van der Waals surface area contributed by atoms with Crippen LogP contribution in [0.25, 0.3) is 0 Å². The number of carbonyl (C=O) groups is 1. The minimum atomic E-state index is -0.338. The molecule has 22 heavy (non-hydrogen) atoms. The van der Waals surface area contributed by atoms with Gasteiger partial charge in [-0.25, -0.2) is 0 Å². The van der Waals surface area contributed by atoms with Crippen molar-refractivity contribution in [2.24, 2.45) is 0 Å². The molecule has 3 rings (SSSR count). The summed E-state index contributed by atoms with van der Waals surface area (Å²) in [5.74, 6) is 0.945. The molecule has 0 aromatic heterocycles. The first-order valence-corrected chi connectivity index (χ1v) is 7.63. The zero-order chi connectivity index (χ0) is 15.6. The summed E-state index contributed by atoms with van der Waals surface area (Å²) in [6.07, 6.45) is 1.83. The average molecular weight is 295 g/mol. The average Bonchev–Trinajstić information content (AvgIpc) is 3.36. The van der Waals surface area contributed by atoms with Crippen LogP contribution < -0.4 is 10.1 Å². The number of amides is 1. The molecular formula is C19H21NO2. The minimum absolute atomic E-state index is 0.126. The molecule has 1 amide bonds. The van der Waals surface area contributed by atoms with Gasteiger partial charge in [-0.1, -0.05) is 36.4 Å². The van der Waals surface area contributed by atoms with Crippen LogP contribution in [0, 0.1) is 6.92 Å². The third-order valence-electron chi connectivity index (χ3n) is 4.53. The highest BCUT2D eigenvalue weighted by Gasteiger charge is 2.51. The lowest BCUT2D eigenvalue weighted by molar-refractivity contribution is -0.123. The summed E-state index contributed by atoms with van der Waals surface area (Å²) >= 11 is 0. The molecule has 0 saturated heterocycles. The Morgan fingerprint density at radius 3 is 2.41 bits per heavy atom. The van der Waals surface area contributed by atoms with Crippen molar-refractivity contribution in [1.82, 2.24) is 5.32 Å². The van der Waals surface area contributed by atoms with Crippen molar-refractivity contribution >= 4 is 5.91 Å². The van der Waals surface area contributed by atoms with Gasteiger partial charge in [0.25, 0.3) is 0 Å². The van der Waals surface area contributed by atoms with Crippen molar-refractivity contribution in [3.63, 3.8) is 0 Å². The van der Waals surface area contributed by atoms with Gasteiger partial charge in [0.2, 0.25) is 5.91 Å². The maximum absolute atomic E-state index is 12.6. The molecule has 1 aliphatic carbocycles. The number of aryl methyl sites for hydroxylation is 1. The fourth-order valence-electron chi connectivity index (χ4n) is 2.84. The van der Waals surface area contributed by atoms with E-state index in [0.29, 0.717) is 6.54 Å². The molecule has 1 aliphatic rings. The van der Waals surface area contributed by atoms with Gasteiger partial charge < -0.3 is 10.1 Å². The van der Waals surface area contributed by atoms with E-state index in [1.165, 1.54) is 11.1 Å². The normalized spacial score (nSPS) is 15.2. The van der Waals surface area contributed by atoms with Crippen LogP contribution in [0.15, 0.2) is 48.5 Å². The van der Waals surface area contributed by atoms with E-state index < -0.39 is 0 Å². The van der Waals surface area contributed by atoms with Gasteiger partial charge >= 0.3 is 0 Å². The fraction of sp³-hybridized carbons (Fsp3) is 0.316. The standard InChI is InChI=1S/C19H21NO2/c1-14-5-3-4-6-15(14)13-20-18(21)19(11-12-19)16-7-9-17(22-2)10-8-16/h3-10H,11-13H2,1-2H3,(H,20,21). The number of methoxy groups -OCH3 is 1. The first-order chi connectivity index (χ1) is 10.7. The zero-order valence-electron chi connectivity index (χ0n) is 13.1. The highest BCUT2D eigenvalue weighted by atomic mass is 16.5. The molecule has 0 bridgehead atoms. The van der Waals surface area contributed by atoms with Gasteiger partial charge in [-0.3, -0.25) is 4.79 Å². The molecule has 1 fully saturated rings. The third-order valence-corrected chi connectivity index (χ3v) is 4.53. The highest BCUT2D eigenvalue weighted by Crippen LogP contribution is 2.48. The van der Waals surface area contributed by atoms with Gasteiger partial charge in [-0.2, -0.15) is 0 Å². The molecule has 0 unspecified atom stereocenters. The first kappa shape index (κ1) is 14.6. The summed E-state index contributed by atoms with van der Waals surface area (Å²) in [5, 5.41) is 3.10. The predicted octanol–water partition coefficient (Wildman–Crippen LogP) is 3.35. The molecule has 0 spiro atoms. The first-order valence-electron chi connectivity index (χ1n) is 7.63. The Hall–Kier alpha value is -2.29. The summed E-state index contributed by atoms with van der Waals surface area (Å²) in [6, 6.07) is 16.0. The van der Waals surface area contributed by atoms with Crippen molar-refractivity contribution in [1.29, 1.82) is 0 Å². The van der Waals surface area contributed by atoms with Gasteiger partial charge in [-0.15, -0.1) is 0 Å². The van der Waals surface area contributed by atoms with Crippen LogP contribution in [0.2, 0.25) is 0 Å². The number of ether oxygens (including phenoxy) is 1. The van der Waals surface area contributed by atoms with E-state index >= 15 is 0 Å². The van der Waals surface area contributed by atoms with E-state index in [1.54, 1.807) is 7.11 Å². The summed E-state index contributed by atoms with van der Waals surface area (Å²) in [6.45, 7) is 2.65. The van der Waals surface area contributed by atoms with Crippen molar-refractivity contribution in [3.05, 3.63) is 65.2 Å². The number of hydrogen-bond acceptors (Lipinski definition) is 2. The molecule has 0 radical (unpaired) electrons. The van der Waals surface area contributed by atoms with Gasteiger partial charge in [0.1, 0.15) is 5.75 Å². The lowest BCUT2D eigenvalue weighted by Crippen LogP contribution is -2.34. The zero-order valence-corrected chi connectivity index (χ0v) is 13.1. The Bertz CT molecular complexity index is 672. The second-order valence-corrected chi connectivity index (χ2v) is 5.92. The molecular weight excluding hydrogens is 274 g/mol. The van der Waals surface area contributed by atoms with E-state index in [4.69, 9.17) is 4.74 Å². The van der Waals surface area contributed by atoms with E-state index in [9.17, 15) is 4.79 Å². The second kappa shape index (κ2) is 5.84. The SMILES string of the molecule is COc1ccc(C2(C(=O)NCc3ccccc3C)CC2)cc1. The van der Waals surface area contributed by atoms with Crippen LogP contribution in [0.1, 0.15) is 29.5 Å². The van der Waals surface area contributed by atoms with E-state index in [1.807, 2.05) is 36.4 Å². The molecule has 0 heterocycles. The lowest BCUT2D eigenvalue weighted by atomic mass is 9.94. The number of carbonyl (C=O) groups excluding carboxylic acids is 1. The van der Waals surface area contributed by atoms with E-state index in [2.05, 4.69) is 24.4 Å². The van der Waals surface area contributed by atoms with Crippen molar-refractivity contribution < 1.29 is 9.53 Å². The molecule has 3 nitrogen and oxygen atoms in total. The highest BCUT2D eigenvalue weighted by molar-refractivity contribution is 5.91. The number of rotatable bonds is 5. The summed E-state index contributed by atoms with van der Waals surface area (Å²) in [7, 11) is 1.65. The van der Waals surface area contributed by atoms with Gasteiger partial charge in [0.05, 0.1) is 12.5 Å². The molecule has 1 saturated carbocycles. The topological polar surface area (TPSA) is 38.3 Å². The Morgan fingerprint density at radius 2 is 1.82 bits per heavy atom. The van der Waals surface area contributed by atoms with Crippen molar-refractivity contribution in [2.75, 3.05) is 7.11 Å². The molecule has 2 aromatic carbocycles. The van der Waals surface area contributed by atoms with E-state index in [0.717, 1.165) is 24.2 Å². The van der Waals surface area contributed by atoms with Crippen LogP contribution in [-0.2, 0) is 16.8 Å². The van der Waals surface area contributed by atoms with Crippen molar-refractivity contribution in [2.45, 2.75) is 31.7 Å². The third kappa shape index (κ3) is 2.71. The smallest absolute Gasteiger partial charge is 0.230 e. The molecule has 0 aliphatic heterocycles. The summed E-state index contributed by atoms with van der Waals surface area (Å²) in [5.41, 5.74) is 3.11. The number of nitrogens with one attached hydrogen (secondary N) is 1. The molecule has 114 valence electrons. The molecule has 0 atom stereocenters. The second-order valence-electron chi connectivity index (χ2n) is 5.92. The monoisotopic (exact) mass is 295 g/mol. The quantitative estimate of drug-likeness (QED) is 0.918. The largest absolute Gasteiger partial charge is 0.497 e. The maximum atomic E-state index is 12.6. The molecule has 2 aromatic rings. The van der Waals surface area contributed by atoms with Crippen LogP contribution in [-0.4, -0.2) is 13.0 Å². The number of hydrogen-bond donors (Lipinski definition) is 1. The Morgan fingerprint density at radius 1 is 1.14 bits per heavy atom. The van der Waals surface area contributed by atoms with Crippen LogP contribution in [0.4, 0.5) is 0 Å². The lowest BCUT2D eigenvalue weighted by Gasteiger charge is -2.17. The Labute approximate surface area is 131 Å². The van der Waals surface area contributed by atoms with Crippen LogP contribution in [0.5, 0.6) is 5.75 Å². The number of benzene rings is 2. The van der Waals surface area contributed by atoms with E-state index in [-0.39, 0.29) is 11.3 Å². The van der Waals surface area contributed by atoms with Crippen molar-refractivity contribution in [3.8, 4) is 5.75 Å². The Kier molecular flexibility index (Phi) is 3.88. The maximum Gasteiger partial charge on any atom is 0.230 e. The van der Waals surface area contributed by atoms with Gasteiger partial charge in [-0.05, 0) is 48.6 Å². The van der Waals surface area contributed by atoms with Crippen LogP contribution in [0.3, 0.4) is 0 Å².